The van der Waals surface area contributed by atoms with Crippen molar-refractivity contribution in [3.63, 3.8) is 0 Å². The summed E-state index contributed by atoms with van der Waals surface area (Å²) in [4.78, 5) is 15.6. The average Bonchev–Trinajstić information content (AvgIpc) is 2.40. The zero-order valence-electron chi connectivity index (χ0n) is 10.3. The van der Waals surface area contributed by atoms with E-state index < -0.39 is 0 Å². The van der Waals surface area contributed by atoms with Crippen molar-refractivity contribution in [3.05, 3.63) is 46.6 Å². The second kappa shape index (κ2) is 6.45. The van der Waals surface area contributed by atoms with Crippen LogP contribution < -0.4 is 15.8 Å². The number of rotatable bonds is 4. The number of aromatic nitrogens is 1. The number of ether oxygens (including phenoxy) is 1. The van der Waals surface area contributed by atoms with E-state index in [1.54, 1.807) is 24.3 Å². The molecule has 1 amide bonds. The van der Waals surface area contributed by atoms with E-state index in [4.69, 9.17) is 33.7 Å². The number of carbonyl (C=O) groups is 1. The number of nitrogens with zero attached hydrogens (tertiary/aromatic N) is 1. The van der Waals surface area contributed by atoms with E-state index in [2.05, 4.69) is 10.3 Å². The smallest absolute Gasteiger partial charge is 0.263 e. The molecule has 2 rings (SSSR count). The van der Waals surface area contributed by atoms with Crippen LogP contribution in [0, 0.1) is 0 Å². The summed E-state index contributed by atoms with van der Waals surface area (Å²) >= 11 is 11.6. The molecule has 20 heavy (non-hydrogen) atoms. The Labute approximate surface area is 125 Å². The summed E-state index contributed by atoms with van der Waals surface area (Å²) in [5, 5.41) is 3.18. The minimum atomic E-state index is -0.385. The first-order chi connectivity index (χ1) is 9.54. The fraction of sp³-hybridized carbons (Fsp3) is 0.0769. The van der Waals surface area contributed by atoms with Gasteiger partial charge < -0.3 is 15.8 Å². The molecule has 5 nitrogen and oxygen atoms in total. The van der Waals surface area contributed by atoms with E-state index >= 15 is 0 Å². The summed E-state index contributed by atoms with van der Waals surface area (Å²) in [6.07, 6.45) is 1.39. The number of nitrogen functional groups attached to an aromatic ring is 1. The second-order valence-electron chi connectivity index (χ2n) is 3.89. The number of pyridine rings is 1. The Kier molecular flexibility index (Phi) is 4.65. The molecule has 0 radical (unpaired) electrons. The Hall–Kier alpha value is -1.98. The third-order valence-corrected chi connectivity index (χ3v) is 2.79. The molecule has 2 aromatic rings. The molecule has 0 unspecified atom stereocenters. The molecule has 0 saturated carbocycles. The molecule has 0 fully saturated rings. The van der Waals surface area contributed by atoms with Crippen LogP contribution in [0.5, 0.6) is 5.75 Å². The van der Waals surface area contributed by atoms with Gasteiger partial charge in [0.25, 0.3) is 5.91 Å². The van der Waals surface area contributed by atoms with Gasteiger partial charge in [-0.25, -0.2) is 4.98 Å². The number of amides is 1. The summed E-state index contributed by atoms with van der Waals surface area (Å²) < 4.78 is 5.30. The Balaban J connectivity index is 1.92. The SMILES string of the molecule is Nc1cccc(OCC(=O)Nc2ncc(Cl)cc2Cl)c1. The molecule has 0 saturated heterocycles. The maximum Gasteiger partial charge on any atom is 0.263 e. The highest BCUT2D eigenvalue weighted by atomic mass is 35.5. The first-order valence-electron chi connectivity index (χ1n) is 5.64. The van der Waals surface area contributed by atoms with Crippen molar-refractivity contribution in [2.75, 3.05) is 17.7 Å². The van der Waals surface area contributed by atoms with E-state index in [1.165, 1.54) is 12.3 Å². The normalized spacial score (nSPS) is 10.1. The maximum atomic E-state index is 11.7. The molecule has 0 spiro atoms. The first kappa shape index (κ1) is 14.4. The van der Waals surface area contributed by atoms with Gasteiger partial charge in [-0.3, -0.25) is 4.79 Å². The van der Waals surface area contributed by atoms with Crippen molar-refractivity contribution < 1.29 is 9.53 Å². The number of nitrogens with two attached hydrogens (primary N) is 1. The summed E-state index contributed by atoms with van der Waals surface area (Å²) in [5.74, 6) is 0.358. The van der Waals surface area contributed by atoms with Gasteiger partial charge in [-0.15, -0.1) is 0 Å². The lowest BCUT2D eigenvalue weighted by atomic mass is 10.3. The zero-order valence-corrected chi connectivity index (χ0v) is 11.8. The molecular formula is C13H11Cl2N3O2. The largest absolute Gasteiger partial charge is 0.484 e. The van der Waals surface area contributed by atoms with Crippen LogP contribution in [-0.2, 0) is 4.79 Å². The van der Waals surface area contributed by atoms with E-state index in [-0.39, 0.29) is 23.4 Å². The molecule has 0 aliphatic rings. The molecule has 1 aromatic heterocycles. The van der Waals surface area contributed by atoms with Crippen LogP contribution in [0.15, 0.2) is 36.5 Å². The number of hydrogen-bond donors (Lipinski definition) is 2. The molecule has 0 atom stereocenters. The monoisotopic (exact) mass is 311 g/mol. The van der Waals surface area contributed by atoms with Crippen LogP contribution in [0.4, 0.5) is 11.5 Å². The molecule has 0 bridgehead atoms. The number of benzene rings is 1. The van der Waals surface area contributed by atoms with Crippen LogP contribution in [0.25, 0.3) is 0 Å². The standard InChI is InChI=1S/C13H11Cl2N3O2/c14-8-4-11(15)13(17-6-8)18-12(19)7-20-10-3-1-2-9(16)5-10/h1-6H,7,16H2,(H,17,18,19). The number of nitrogens with one attached hydrogen (secondary N) is 1. The highest BCUT2D eigenvalue weighted by Crippen LogP contribution is 2.22. The van der Waals surface area contributed by atoms with Gasteiger partial charge in [-0.1, -0.05) is 29.3 Å². The molecule has 3 N–H and O–H groups in total. The quantitative estimate of drug-likeness (QED) is 0.851. The van der Waals surface area contributed by atoms with E-state index in [1.807, 2.05) is 0 Å². The third-order valence-electron chi connectivity index (χ3n) is 2.29. The van der Waals surface area contributed by atoms with Crippen LogP contribution in [0.1, 0.15) is 0 Å². The lowest BCUT2D eigenvalue weighted by molar-refractivity contribution is -0.118. The van der Waals surface area contributed by atoms with Gasteiger partial charge >= 0.3 is 0 Å². The lowest BCUT2D eigenvalue weighted by Gasteiger charge is -2.08. The van der Waals surface area contributed by atoms with Gasteiger partial charge in [0.05, 0.1) is 10.0 Å². The van der Waals surface area contributed by atoms with Crippen molar-refractivity contribution in [1.82, 2.24) is 4.98 Å². The Morgan fingerprint density at radius 3 is 2.85 bits per heavy atom. The van der Waals surface area contributed by atoms with Gasteiger partial charge in [-0.2, -0.15) is 0 Å². The maximum absolute atomic E-state index is 11.7. The van der Waals surface area contributed by atoms with Gasteiger partial charge in [0, 0.05) is 18.0 Å². The topological polar surface area (TPSA) is 77.2 Å². The number of hydrogen-bond acceptors (Lipinski definition) is 4. The summed E-state index contributed by atoms with van der Waals surface area (Å²) in [7, 11) is 0. The summed E-state index contributed by atoms with van der Waals surface area (Å²) in [5.41, 5.74) is 6.16. The number of anilines is 2. The molecule has 7 heteroatoms. The van der Waals surface area contributed by atoms with Crippen molar-refractivity contribution >= 4 is 40.6 Å². The molecule has 1 aromatic carbocycles. The number of halogens is 2. The Morgan fingerprint density at radius 1 is 1.35 bits per heavy atom. The minimum Gasteiger partial charge on any atom is -0.484 e. The molecule has 0 aliphatic carbocycles. The van der Waals surface area contributed by atoms with E-state index in [0.717, 1.165) is 0 Å². The van der Waals surface area contributed by atoms with Crippen LogP contribution in [0.3, 0.4) is 0 Å². The first-order valence-corrected chi connectivity index (χ1v) is 6.39. The molecule has 104 valence electrons. The highest BCUT2D eigenvalue weighted by molar-refractivity contribution is 6.36. The van der Waals surface area contributed by atoms with Crippen molar-refractivity contribution in [1.29, 1.82) is 0 Å². The number of carbonyl (C=O) groups excluding carboxylic acids is 1. The van der Waals surface area contributed by atoms with Crippen LogP contribution in [0.2, 0.25) is 10.0 Å². The minimum absolute atomic E-state index is 0.176. The second-order valence-corrected chi connectivity index (χ2v) is 4.74. The predicted octanol–water partition coefficient (Wildman–Crippen LogP) is 2.99. The molecule has 0 aliphatic heterocycles. The lowest BCUT2D eigenvalue weighted by Crippen LogP contribution is -2.21. The van der Waals surface area contributed by atoms with Crippen LogP contribution in [-0.4, -0.2) is 17.5 Å². The van der Waals surface area contributed by atoms with Gasteiger partial charge in [-0.05, 0) is 18.2 Å². The average molecular weight is 312 g/mol. The Bertz CT molecular complexity index is 635. The van der Waals surface area contributed by atoms with Crippen molar-refractivity contribution in [2.24, 2.45) is 0 Å². The van der Waals surface area contributed by atoms with Gasteiger partial charge in [0.15, 0.2) is 12.4 Å². The summed E-state index contributed by atoms with van der Waals surface area (Å²) in [6, 6.07) is 8.28. The fourth-order valence-corrected chi connectivity index (χ4v) is 1.86. The Morgan fingerprint density at radius 2 is 2.15 bits per heavy atom. The zero-order chi connectivity index (χ0) is 14.5. The summed E-state index contributed by atoms with van der Waals surface area (Å²) in [6.45, 7) is -0.176. The van der Waals surface area contributed by atoms with Gasteiger partial charge in [0.1, 0.15) is 5.75 Å². The molecular weight excluding hydrogens is 301 g/mol. The predicted molar refractivity (Wildman–Crippen MR) is 79.2 cm³/mol. The molecule has 1 heterocycles. The van der Waals surface area contributed by atoms with Crippen molar-refractivity contribution in [2.45, 2.75) is 0 Å². The fourth-order valence-electron chi connectivity index (χ4n) is 1.43. The van der Waals surface area contributed by atoms with Gasteiger partial charge in [0.2, 0.25) is 0 Å². The van der Waals surface area contributed by atoms with E-state index in [0.29, 0.717) is 16.5 Å². The van der Waals surface area contributed by atoms with Crippen LogP contribution >= 0.6 is 23.2 Å². The third kappa shape index (κ3) is 4.01. The van der Waals surface area contributed by atoms with E-state index in [9.17, 15) is 4.79 Å². The van der Waals surface area contributed by atoms with Crippen molar-refractivity contribution in [3.8, 4) is 5.75 Å². The highest BCUT2D eigenvalue weighted by Gasteiger charge is 2.08.